The number of aromatic nitrogens is 4. The van der Waals surface area contributed by atoms with Crippen LogP contribution < -0.4 is 5.32 Å². The Balaban J connectivity index is 2.11. The van der Waals surface area contributed by atoms with Gasteiger partial charge in [0.25, 0.3) is 0 Å². The Bertz CT molecular complexity index is 544. The molecule has 2 aromatic rings. The van der Waals surface area contributed by atoms with Crippen LogP contribution in [0.3, 0.4) is 0 Å². The first kappa shape index (κ1) is 12.3. The molecule has 0 fully saturated rings. The lowest BCUT2D eigenvalue weighted by Crippen LogP contribution is -2.08. The standard InChI is InChI=1S/C12H14FN5/c1-3-10-11(13)12(17-7-16-10)15-6-9-4-5-14-8(2)18-9/h4-5,7H,3,6H2,1-2H3,(H,15,16,17). The molecule has 0 unspecified atom stereocenters. The highest BCUT2D eigenvalue weighted by atomic mass is 19.1. The molecule has 0 saturated carbocycles. The largest absolute Gasteiger partial charge is 0.362 e. The Morgan fingerprint density at radius 1 is 1.28 bits per heavy atom. The molecule has 0 aliphatic heterocycles. The van der Waals surface area contributed by atoms with Crippen molar-refractivity contribution in [3.63, 3.8) is 0 Å². The van der Waals surface area contributed by atoms with Crippen molar-refractivity contribution in [2.24, 2.45) is 0 Å². The zero-order valence-corrected chi connectivity index (χ0v) is 10.3. The number of anilines is 1. The molecule has 2 aromatic heterocycles. The van der Waals surface area contributed by atoms with Crippen molar-refractivity contribution in [2.45, 2.75) is 26.8 Å². The van der Waals surface area contributed by atoms with E-state index < -0.39 is 5.82 Å². The van der Waals surface area contributed by atoms with Crippen LogP contribution in [0.1, 0.15) is 24.1 Å². The maximum Gasteiger partial charge on any atom is 0.186 e. The summed E-state index contributed by atoms with van der Waals surface area (Å²) in [7, 11) is 0. The van der Waals surface area contributed by atoms with Crippen LogP contribution in [-0.4, -0.2) is 19.9 Å². The van der Waals surface area contributed by atoms with E-state index in [9.17, 15) is 4.39 Å². The van der Waals surface area contributed by atoms with Crippen molar-refractivity contribution in [2.75, 3.05) is 5.32 Å². The summed E-state index contributed by atoms with van der Waals surface area (Å²) in [5.41, 5.74) is 1.20. The van der Waals surface area contributed by atoms with Crippen LogP contribution in [0.15, 0.2) is 18.6 Å². The third-order valence-corrected chi connectivity index (χ3v) is 2.47. The summed E-state index contributed by atoms with van der Waals surface area (Å²) in [6.45, 7) is 4.06. The lowest BCUT2D eigenvalue weighted by molar-refractivity contribution is 0.596. The van der Waals surface area contributed by atoms with E-state index in [0.29, 0.717) is 24.5 Å². The van der Waals surface area contributed by atoms with Gasteiger partial charge in [0.1, 0.15) is 12.2 Å². The van der Waals surface area contributed by atoms with Gasteiger partial charge in [-0.15, -0.1) is 0 Å². The molecule has 2 heterocycles. The molecule has 2 rings (SSSR count). The number of nitrogens with zero attached hydrogens (tertiary/aromatic N) is 4. The molecule has 0 amide bonds. The van der Waals surface area contributed by atoms with Gasteiger partial charge >= 0.3 is 0 Å². The Morgan fingerprint density at radius 2 is 2.11 bits per heavy atom. The lowest BCUT2D eigenvalue weighted by Gasteiger charge is -2.07. The van der Waals surface area contributed by atoms with Crippen LogP contribution in [0.25, 0.3) is 0 Å². The number of halogens is 1. The van der Waals surface area contributed by atoms with Gasteiger partial charge in [-0.3, -0.25) is 0 Å². The van der Waals surface area contributed by atoms with Crippen molar-refractivity contribution in [3.05, 3.63) is 41.6 Å². The molecule has 6 heteroatoms. The second-order valence-corrected chi connectivity index (χ2v) is 3.79. The van der Waals surface area contributed by atoms with Crippen LogP contribution in [-0.2, 0) is 13.0 Å². The summed E-state index contributed by atoms with van der Waals surface area (Å²) in [6.07, 6.45) is 3.57. The van der Waals surface area contributed by atoms with Crippen molar-refractivity contribution in [1.82, 2.24) is 19.9 Å². The predicted octanol–water partition coefficient (Wildman–Crippen LogP) is 1.89. The van der Waals surface area contributed by atoms with Crippen molar-refractivity contribution in [1.29, 1.82) is 0 Å². The Morgan fingerprint density at radius 3 is 2.83 bits per heavy atom. The molecule has 0 aliphatic carbocycles. The maximum absolute atomic E-state index is 13.8. The van der Waals surface area contributed by atoms with E-state index >= 15 is 0 Å². The fourth-order valence-corrected chi connectivity index (χ4v) is 1.55. The van der Waals surface area contributed by atoms with Gasteiger partial charge < -0.3 is 5.32 Å². The first-order chi connectivity index (χ1) is 8.70. The zero-order valence-electron chi connectivity index (χ0n) is 10.3. The summed E-state index contributed by atoms with van der Waals surface area (Å²) < 4.78 is 13.8. The molecule has 0 radical (unpaired) electrons. The van der Waals surface area contributed by atoms with Gasteiger partial charge in [-0.1, -0.05) is 6.92 Å². The average Bonchev–Trinajstić information content (AvgIpc) is 2.38. The van der Waals surface area contributed by atoms with E-state index in [0.717, 1.165) is 5.69 Å². The molecule has 0 atom stereocenters. The molecule has 0 bridgehead atoms. The molecule has 0 spiro atoms. The van der Waals surface area contributed by atoms with Crippen LogP contribution >= 0.6 is 0 Å². The van der Waals surface area contributed by atoms with Gasteiger partial charge in [0.05, 0.1) is 17.9 Å². The lowest BCUT2D eigenvalue weighted by atomic mass is 10.3. The first-order valence-electron chi connectivity index (χ1n) is 5.72. The highest BCUT2D eigenvalue weighted by Crippen LogP contribution is 2.13. The van der Waals surface area contributed by atoms with Gasteiger partial charge in [-0.2, -0.15) is 0 Å². The summed E-state index contributed by atoms with van der Waals surface area (Å²) >= 11 is 0. The second kappa shape index (κ2) is 5.48. The first-order valence-corrected chi connectivity index (χ1v) is 5.72. The third kappa shape index (κ3) is 2.77. The molecule has 0 aliphatic rings. The fourth-order valence-electron chi connectivity index (χ4n) is 1.55. The highest BCUT2D eigenvalue weighted by molar-refractivity contribution is 5.37. The van der Waals surface area contributed by atoms with Crippen LogP contribution in [0.4, 0.5) is 10.2 Å². The van der Waals surface area contributed by atoms with E-state index in [1.165, 1.54) is 6.33 Å². The SMILES string of the molecule is CCc1ncnc(NCc2ccnc(C)n2)c1F. The fraction of sp³-hybridized carbons (Fsp3) is 0.333. The highest BCUT2D eigenvalue weighted by Gasteiger charge is 2.09. The molecule has 0 saturated heterocycles. The predicted molar refractivity (Wildman–Crippen MR) is 65.5 cm³/mol. The molecule has 0 aromatic carbocycles. The molecular formula is C12H14FN5. The van der Waals surface area contributed by atoms with Crippen molar-refractivity contribution >= 4 is 5.82 Å². The van der Waals surface area contributed by atoms with Gasteiger partial charge in [-0.05, 0) is 19.4 Å². The summed E-state index contributed by atoms with van der Waals surface area (Å²) in [6, 6.07) is 1.78. The van der Waals surface area contributed by atoms with E-state index in [1.54, 1.807) is 12.3 Å². The third-order valence-electron chi connectivity index (χ3n) is 2.47. The normalized spacial score (nSPS) is 10.4. The van der Waals surface area contributed by atoms with Crippen LogP contribution in [0, 0.1) is 12.7 Å². The van der Waals surface area contributed by atoms with Crippen molar-refractivity contribution in [3.8, 4) is 0 Å². The number of rotatable bonds is 4. The minimum absolute atomic E-state index is 0.207. The van der Waals surface area contributed by atoms with Crippen molar-refractivity contribution < 1.29 is 4.39 Å². The molecule has 18 heavy (non-hydrogen) atoms. The van der Waals surface area contributed by atoms with Gasteiger partial charge in [0, 0.05) is 6.20 Å². The summed E-state index contributed by atoms with van der Waals surface area (Å²) in [5, 5.41) is 2.91. The van der Waals surface area contributed by atoms with Gasteiger partial charge in [0.2, 0.25) is 0 Å². The molecule has 94 valence electrons. The minimum Gasteiger partial charge on any atom is -0.362 e. The molecular weight excluding hydrogens is 233 g/mol. The number of hydrogen-bond acceptors (Lipinski definition) is 5. The zero-order chi connectivity index (χ0) is 13.0. The average molecular weight is 247 g/mol. The number of aryl methyl sites for hydroxylation is 2. The number of hydrogen-bond donors (Lipinski definition) is 1. The second-order valence-electron chi connectivity index (χ2n) is 3.79. The monoisotopic (exact) mass is 247 g/mol. The Labute approximate surface area is 105 Å². The van der Waals surface area contributed by atoms with Gasteiger partial charge in [-0.25, -0.2) is 24.3 Å². The van der Waals surface area contributed by atoms with Crippen LogP contribution in [0.2, 0.25) is 0 Å². The maximum atomic E-state index is 13.8. The summed E-state index contributed by atoms with van der Waals surface area (Å²) in [5.74, 6) is 0.496. The molecule has 1 N–H and O–H groups in total. The smallest absolute Gasteiger partial charge is 0.186 e. The Kier molecular flexibility index (Phi) is 3.76. The van der Waals surface area contributed by atoms with E-state index in [4.69, 9.17) is 0 Å². The van der Waals surface area contributed by atoms with Crippen LogP contribution in [0.5, 0.6) is 0 Å². The summed E-state index contributed by atoms with van der Waals surface area (Å²) in [4.78, 5) is 16.0. The van der Waals surface area contributed by atoms with Gasteiger partial charge in [0.15, 0.2) is 11.6 Å². The topological polar surface area (TPSA) is 63.6 Å². The minimum atomic E-state index is -0.397. The molecule has 5 nitrogen and oxygen atoms in total. The quantitative estimate of drug-likeness (QED) is 0.893. The van der Waals surface area contributed by atoms with E-state index in [-0.39, 0.29) is 5.82 Å². The number of nitrogens with one attached hydrogen (secondary N) is 1. The van der Waals surface area contributed by atoms with E-state index in [2.05, 4.69) is 25.3 Å². The Hall–Kier alpha value is -2.11. The van der Waals surface area contributed by atoms with E-state index in [1.807, 2.05) is 13.8 Å².